The number of aliphatic hydroxyl groups is 5. The summed E-state index contributed by atoms with van der Waals surface area (Å²) in [6.07, 6.45) is 11.0. The number of hydrogen-bond acceptors (Lipinski definition) is 7. The molecule has 1 saturated heterocycles. The average molecular weight is 543 g/mol. The van der Waals surface area contributed by atoms with Crippen molar-refractivity contribution in [2.75, 3.05) is 0 Å². The summed E-state index contributed by atoms with van der Waals surface area (Å²) in [6, 6.07) is 0. The summed E-state index contributed by atoms with van der Waals surface area (Å²) >= 11 is 0. The molecule has 0 aromatic carbocycles. The van der Waals surface area contributed by atoms with E-state index in [1.807, 2.05) is 19.1 Å². The molecule has 4 aliphatic rings. The molecule has 0 aromatic rings. The van der Waals surface area contributed by atoms with Crippen LogP contribution in [-0.2, 0) is 9.53 Å². The van der Waals surface area contributed by atoms with E-state index in [0.29, 0.717) is 5.57 Å². The molecule has 3 aliphatic carbocycles. The Hall–Kier alpha value is -1.87. The van der Waals surface area contributed by atoms with Gasteiger partial charge in [-0.1, -0.05) is 83.1 Å². The van der Waals surface area contributed by atoms with E-state index in [-0.39, 0.29) is 5.41 Å². The molecular weight excluding hydrogens is 496 g/mol. The maximum absolute atomic E-state index is 13.0. The van der Waals surface area contributed by atoms with Crippen molar-refractivity contribution >= 4 is 5.78 Å². The number of hydrogen-bond donors (Lipinski definition) is 5. The zero-order valence-electron chi connectivity index (χ0n) is 24.8. The maximum Gasteiger partial charge on any atom is 0.207 e. The first-order valence-corrected chi connectivity index (χ1v) is 13.9. The highest BCUT2D eigenvalue weighted by Gasteiger charge is 3.08. The molecule has 0 radical (unpaired) electrons. The predicted molar refractivity (Wildman–Crippen MR) is 149 cm³/mol. The highest BCUT2D eigenvalue weighted by atomic mass is 16.7. The van der Waals surface area contributed by atoms with E-state index in [1.54, 1.807) is 13.0 Å². The van der Waals surface area contributed by atoms with Crippen molar-refractivity contribution < 1.29 is 35.1 Å². The Kier molecular flexibility index (Phi) is 6.80. The van der Waals surface area contributed by atoms with Crippen molar-refractivity contribution in [2.45, 2.75) is 116 Å². The van der Waals surface area contributed by atoms with E-state index in [0.717, 1.165) is 12.0 Å². The summed E-state index contributed by atoms with van der Waals surface area (Å²) in [6.45, 7) is 16.5. The van der Waals surface area contributed by atoms with Gasteiger partial charge in [0.1, 0.15) is 23.4 Å². The van der Waals surface area contributed by atoms with E-state index in [9.17, 15) is 30.3 Å². The molecule has 6 atom stereocenters. The fourth-order valence-electron chi connectivity index (χ4n) is 7.57. The molecule has 0 spiro atoms. The van der Waals surface area contributed by atoms with Crippen molar-refractivity contribution in [1.29, 1.82) is 0 Å². The average Bonchev–Trinajstić information content (AvgIpc) is 3.38. The number of ketones is 1. The van der Waals surface area contributed by atoms with Crippen LogP contribution in [0.25, 0.3) is 0 Å². The van der Waals surface area contributed by atoms with Crippen LogP contribution >= 0.6 is 0 Å². The normalized spacial score (nSPS) is 41.4. The van der Waals surface area contributed by atoms with Crippen LogP contribution < -0.4 is 0 Å². The monoisotopic (exact) mass is 542 g/mol. The lowest BCUT2D eigenvalue weighted by molar-refractivity contribution is -0.297. The third-order valence-electron chi connectivity index (χ3n) is 10.5. The Balaban J connectivity index is 1.47. The third kappa shape index (κ3) is 3.60. The number of fused-ring (bicyclic) bond motifs is 3. The fraction of sp³-hybridized carbons (Fsp3) is 0.656. The van der Waals surface area contributed by atoms with Crippen LogP contribution in [0, 0.1) is 16.2 Å². The van der Waals surface area contributed by atoms with Crippen molar-refractivity contribution in [2.24, 2.45) is 16.2 Å². The van der Waals surface area contributed by atoms with Gasteiger partial charge in [-0.15, -0.1) is 0 Å². The fourth-order valence-corrected chi connectivity index (χ4v) is 7.57. The van der Waals surface area contributed by atoms with Crippen LogP contribution in [-0.4, -0.2) is 66.1 Å². The van der Waals surface area contributed by atoms with Gasteiger partial charge in [0.25, 0.3) is 0 Å². The molecule has 7 nitrogen and oxygen atoms in total. The molecule has 0 amide bonds. The van der Waals surface area contributed by atoms with Gasteiger partial charge in [-0.2, -0.15) is 0 Å². The van der Waals surface area contributed by atoms with Gasteiger partial charge in [0.15, 0.2) is 11.4 Å². The first-order valence-electron chi connectivity index (χ1n) is 13.9. The van der Waals surface area contributed by atoms with E-state index in [1.165, 1.54) is 57.8 Å². The number of aliphatic hydroxyl groups excluding tert-OH is 1. The van der Waals surface area contributed by atoms with Crippen LogP contribution in [0.3, 0.4) is 0 Å². The van der Waals surface area contributed by atoms with Gasteiger partial charge in [0, 0.05) is 5.41 Å². The Labute approximate surface area is 232 Å². The summed E-state index contributed by atoms with van der Waals surface area (Å²) in [5, 5.41) is 56.1. The lowest BCUT2D eigenvalue weighted by atomic mass is 9.72. The second-order valence-electron chi connectivity index (χ2n) is 13.9. The van der Waals surface area contributed by atoms with Gasteiger partial charge in [0.2, 0.25) is 5.79 Å². The zero-order valence-corrected chi connectivity index (χ0v) is 24.8. The minimum Gasteiger partial charge on any atom is -0.383 e. The maximum atomic E-state index is 13.0. The standard InChI is InChI=1S/C32H46O7/c1-19(15-16-22-21(3)14-11-17-26(22,4)5)12-10-13-20(2)18-23(33)24(34)25-29(35)27(6,7)30(29,36)31(37)28(8,9)32(31,38)39-25/h10,12-13,15-16,18,24-25,34-38H,11,14,17H2,1-9H3/t24?,25-,29-,30+,31-,32+/m1/s1. The second kappa shape index (κ2) is 8.81. The molecule has 2 saturated carbocycles. The zero-order chi connectivity index (χ0) is 29.6. The number of carbonyl (C=O) groups is 1. The number of ether oxygens (including phenoxy) is 1. The number of carbonyl (C=O) groups excluding carboxylic acids is 1. The van der Waals surface area contributed by atoms with Crippen molar-refractivity contribution in [3.63, 3.8) is 0 Å². The predicted octanol–water partition coefficient (Wildman–Crippen LogP) is 3.81. The van der Waals surface area contributed by atoms with E-state index >= 15 is 0 Å². The lowest BCUT2D eigenvalue weighted by Crippen LogP contribution is -2.61. The van der Waals surface area contributed by atoms with Gasteiger partial charge in [-0.3, -0.25) is 4.79 Å². The van der Waals surface area contributed by atoms with E-state index in [2.05, 4.69) is 32.9 Å². The first-order chi connectivity index (χ1) is 17.7. The highest BCUT2D eigenvalue weighted by Crippen LogP contribution is 2.87. The van der Waals surface area contributed by atoms with Crippen molar-refractivity contribution in [3.05, 3.63) is 58.7 Å². The molecule has 1 aliphatic heterocycles. The van der Waals surface area contributed by atoms with Crippen LogP contribution in [0.4, 0.5) is 0 Å². The molecule has 7 heteroatoms. The van der Waals surface area contributed by atoms with Gasteiger partial charge < -0.3 is 30.3 Å². The lowest BCUT2D eigenvalue weighted by Gasteiger charge is -2.38. The molecule has 5 N–H and O–H groups in total. The Morgan fingerprint density at radius 3 is 2.15 bits per heavy atom. The number of allylic oxidation sites excluding steroid dienone is 9. The van der Waals surface area contributed by atoms with Crippen LogP contribution in [0.1, 0.15) is 81.6 Å². The summed E-state index contributed by atoms with van der Waals surface area (Å²) in [5.41, 5.74) is -4.56. The van der Waals surface area contributed by atoms with Gasteiger partial charge in [-0.25, -0.2) is 0 Å². The van der Waals surface area contributed by atoms with Crippen LogP contribution in [0.2, 0.25) is 0 Å². The molecule has 1 heterocycles. The minimum atomic E-state index is -2.23. The molecule has 216 valence electrons. The molecular formula is C32H46O7. The van der Waals surface area contributed by atoms with Crippen molar-refractivity contribution in [3.8, 4) is 0 Å². The Morgan fingerprint density at radius 1 is 0.949 bits per heavy atom. The SMILES string of the molecule is CC(C=CC1=C(C)CCCC1(C)C)=CC=CC(C)=CC(=O)C(O)[C@H]1O[C@@]2(O)C(C)(C)[C@@]2(O)[C@]2(O)C(C)(C)[C@]12O. The summed E-state index contributed by atoms with van der Waals surface area (Å²) in [5.74, 6) is -2.97. The Bertz CT molecular complexity index is 1230. The molecule has 0 aromatic heterocycles. The van der Waals surface area contributed by atoms with E-state index < -0.39 is 51.4 Å². The highest BCUT2D eigenvalue weighted by molar-refractivity contribution is 5.95. The van der Waals surface area contributed by atoms with Crippen molar-refractivity contribution in [1.82, 2.24) is 0 Å². The molecule has 0 bridgehead atoms. The third-order valence-corrected chi connectivity index (χ3v) is 10.5. The second-order valence-corrected chi connectivity index (χ2v) is 13.9. The van der Waals surface area contributed by atoms with E-state index in [4.69, 9.17) is 4.74 Å². The number of rotatable bonds is 7. The smallest absolute Gasteiger partial charge is 0.207 e. The van der Waals surface area contributed by atoms with Gasteiger partial charge >= 0.3 is 0 Å². The Morgan fingerprint density at radius 2 is 1.56 bits per heavy atom. The van der Waals surface area contributed by atoms with Gasteiger partial charge in [-0.05, 0) is 62.7 Å². The molecule has 4 rings (SSSR count). The van der Waals surface area contributed by atoms with Crippen LogP contribution in [0.15, 0.2) is 58.7 Å². The summed E-state index contributed by atoms with van der Waals surface area (Å²) < 4.78 is 5.66. The topological polar surface area (TPSA) is 127 Å². The summed E-state index contributed by atoms with van der Waals surface area (Å²) in [4.78, 5) is 13.0. The molecule has 1 unspecified atom stereocenters. The first kappa shape index (κ1) is 30.1. The quantitative estimate of drug-likeness (QED) is 0.245. The van der Waals surface area contributed by atoms with Crippen LogP contribution in [0.5, 0.6) is 0 Å². The minimum absolute atomic E-state index is 0.166. The molecule has 3 fully saturated rings. The largest absolute Gasteiger partial charge is 0.383 e. The van der Waals surface area contributed by atoms with Gasteiger partial charge in [0.05, 0.1) is 5.41 Å². The molecule has 39 heavy (non-hydrogen) atoms. The summed E-state index contributed by atoms with van der Waals surface area (Å²) in [7, 11) is 0.